The molecule has 1 aromatic heterocycles. The minimum Gasteiger partial charge on any atom is -0.457 e. The molecule has 2 aliphatic rings. The summed E-state index contributed by atoms with van der Waals surface area (Å²) in [6.45, 7) is 8.39. The number of amides is 1. The number of β-lactam (4-membered cyclic amide) rings is 1. The first-order chi connectivity index (χ1) is 15.8. The van der Waals surface area contributed by atoms with E-state index in [2.05, 4.69) is 13.2 Å². The molecule has 1 amide bonds. The number of oxazole rings is 1. The number of aliphatic hydroxyl groups excluding tert-OH is 1. The number of hydrogen-bond acceptors (Lipinski definition) is 8. The summed E-state index contributed by atoms with van der Waals surface area (Å²) in [5.41, 5.74) is 1.40. The molecule has 0 aliphatic carbocycles. The number of aromatic nitrogens is 1. The van der Waals surface area contributed by atoms with Crippen molar-refractivity contribution in [3.8, 4) is 0 Å². The molecule has 1 aromatic carbocycles. The Kier molecular flexibility index (Phi) is 5.77. The van der Waals surface area contributed by atoms with E-state index in [0.717, 1.165) is 4.57 Å². The van der Waals surface area contributed by atoms with Crippen LogP contribution in [-0.4, -0.2) is 57.9 Å². The van der Waals surface area contributed by atoms with Crippen LogP contribution >= 0.6 is 0 Å². The number of benzene rings is 1. The summed E-state index contributed by atoms with van der Waals surface area (Å²) in [6.07, 6.45) is 1.30. The van der Waals surface area contributed by atoms with Crippen LogP contribution in [0.3, 0.4) is 0 Å². The summed E-state index contributed by atoms with van der Waals surface area (Å²) < 4.78 is 16.1. The number of fused-ring (bicyclic) bond motifs is 2. The number of carbonyl (C=O) groups excluding carboxylic acids is 3. The predicted octanol–water partition coefficient (Wildman–Crippen LogP) is 1.82. The maximum atomic E-state index is 12.8. The van der Waals surface area contributed by atoms with Crippen molar-refractivity contribution in [2.75, 3.05) is 13.2 Å². The molecule has 2 aromatic rings. The van der Waals surface area contributed by atoms with Gasteiger partial charge in [-0.05, 0) is 36.6 Å². The van der Waals surface area contributed by atoms with Crippen LogP contribution < -0.4 is 5.76 Å². The van der Waals surface area contributed by atoms with Crippen LogP contribution in [0.5, 0.6) is 0 Å². The lowest BCUT2D eigenvalue weighted by Crippen LogP contribution is -2.61. The van der Waals surface area contributed by atoms with Crippen LogP contribution in [0.1, 0.15) is 18.9 Å². The van der Waals surface area contributed by atoms with E-state index < -0.39 is 29.8 Å². The molecular formula is C23H22N2O8. The normalized spacial score (nSPS) is 20.3. The van der Waals surface area contributed by atoms with Crippen molar-refractivity contribution in [3.05, 3.63) is 65.3 Å². The van der Waals surface area contributed by atoms with Crippen molar-refractivity contribution in [2.45, 2.75) is 25.5 Å². The van der Waals surface area contributed by atoms with E-state index in [1.807, 2.05) is 0 Å². The fourth-order valence-electron chi connectivity index (χ4n) is 4.29. The number of hydrogen-bond donors (Lipinski definition) is 1. The van der Waals surface area contributed by atoms with Crippen LogP contribution in [0.4, 0.5) is 4.79 Å². The maximum Gasteiger partial charge on any atom is 0.429 e. The van der Waals surface area contributed by atoms with E-state index in [1.165, 1.54) is 36.1 Å². The largest absolute Gasteiger partial charge is 0.457 e. The number of ether oxygens (including phenoxy) is 2. The number of aliphatic hydroxyl groups is 1. The lowest BCUT2D eigenvalue weighted by Gasteiger charge is -2.44. The van der Waals surface area contributed by atoms with Gasteiger partial charge < -0.3 is 23.9 Å². The first-order valence-electron chi connectivity index (χ1n) is 10.3. The minimum atomic E-state index is -0.921. The Morgan fingerprint density at radius 2 is 1.94 bits per heavy atom. The van der Waals surface area contributed by atoms with E-state index >= 15 is 0 Å². The Morgan fingerprint density at radius 1 is 1.24 bits per heavy atom. The van der Waals surface area contributed by atoms with E-state index in [1.54, 1.807) is 6.07 Å². The molecule has 4 rings (SSSR count). The van der Waals surface area contributed by atoms with Gasteiger partial charge in [0, 0.05) is 0 Å². The first-order valence-corrected chi connectivity index (χ1v) is 10.3. The molecule has 172 valence electrons. The Labute approximate surface area is 188 Å². The van der Waals surface area contributed by atoms with Crippen molar-refractivity contribution in [1.82, 2.24) is 9.47 Å². The van der Waals surface area contributed by atoms with Gasteiger partial charge in [-0.15, -0.1) is 0 Å². The second kappa shape index (κ2) is 8.55. The third-order valence-electron chi connectivity index (χ3n) is 5.69. The molecule has 0 unspecified atom stereocenters. The van der Waals surface area contributed by atoms with Gasteiger partial charge >= 0.3 is 17.8 Å². The van der Waals surface area contributed by atoms with Gasteiger partial charge in [-0.2, -0.15) is 4.57 Å². The molecule has 10 heteroatoms. The summed E-state index contributed by atoms with van der Waals surface area (Å²) in [4.78, 5) is 51.2. The topological polar surface area (TPSA) is 128 Å². The van der Waals surface area contributed by atoms with Crippen LogP contribution in [-0.2, 0) is 19.1 Å². The third kappa shape index (κ3) is 3.58. The van der Waals surface area contributed by atoms with Crippen LogP contribution in [0.2, 0.25) is 0 Å². The Morgan fingerprint density at radius 3 is 2.61 bits per heavy atom. The molecule has 3 atom stereocenters. The monoisotopic (exact) mass is 454 g/mol. The van der Waals surface area contributed by atoms with Crippen molar-refractivity contribution >= 4 is 34.6 Å². The summed E-state index contributed by atoms with van der Waals surface area (Å²) in [6, 6.07) is 4.23. The lowest BCUT2D eigenvalue weighted by atomic mass is 9.82. The van der Waals surface area contributed by atoms with Crippen LogP contribution in [0.25, 0.3) is 16.7 Å². The molecule has 0 saturated carbocycles. The van der Waals surface area contributed by atoms with Crippen molar-refractivity contribution in [1.29, 1.82) is 0 Å². The summed E-state index contributed by atoms with van der Waals surface area (Å²) in [5.74, 6) is -2.61. The fourth-order valence-corrected chi connectivity index (χ4v) is 4.29. The van der Waals surface area contributed by atoms with E-state index in [4.69, 9.17) is 13.9 Å². The van der Waals surface area contributed by atoms with E-state index in [9.17, 15) is 24.3 Å². The highest BCUT2D eigenvalue weighted by Gasteiger charge is 2.57. The number of esters is 1. The van der Waals surface area contributed by atoms with Gasteiger partial charge in [-0.3, -0.25) is 4.79 Å². The molecular weight excluding hydrogens is 432 g/mol. The molecule has 10 nitrogen and oxygen atoms in total. The van der Waals surface area contributed by atoms with Gasteiger partial charge in [0.1, 0.15) is 24.4 Å². The molecule has 2 aliphatic heterocycles. The smallest absolute Gasteiger partial charge is 0.429 e. The highest BCUT2D eigenvalue weighted by Crippen LogP contribution is 2.47. The van der Waals surface area contributed by atoms with Gasteiger partial charge in [-0.25, -0.2) is 14.4 Å². The van der Waals surface area contributed by atoms with Crippen molar-refractivity contribution < 1.29 is 33.4 Å². The first kappa shape index (κ1) is 22.3. The van der Waals surface area contributed by atoms with Crippen molar-refractivity contribution in [3.63, 3.8) is 0 Å². The Hall–Kier alpha value is -3.92. The molecule has 0 radical (unpaired) electrons. The number of nitrogens with zero attached hydrogens (tertiary/aromatic N) is 2. The minimum absolute atomic E-state index is 0.0360. The lowest BCUT2D eigenvalue weighted by molar-refractivity contribution is -0.162. The zero-order valence-corrected chi connectivity index (χ0v) is 17.9. The van der Waals surface area contributed by atoms with Crippen molar-refractivity contribution in [2.24, 2.45) is 5.92 Å². The molecule has 1 N–H and O–H groups in total. The van der Waals surface area contributed by atoms with Crippen LogP contribution in [0, 0.1) is 5.92 Å². The second-order valence-corrected chi connectivity index (χ2v) is 7.71. The average Bonchev–Trinajstić information content (AvgIpc) is 3.29. The molecule has 3 heterocycles. The Bertz CT molecular complexity index is 1260. The molecule has 1 saturated heterocycles. The summed E-state index contributed by atoms with van der Waals surface area (Å²) in [5, 5.41) is 10.0. The van der Waals surface area contributed by atoms with Crippen LogP contribution in [0.15, 0.2) is 58.4 Å². The molecule has 33 heavy (non-hydrogen) atoms. The Balaban J connectivity index is 1.77. The standard InChI is InChI=1S/C23H22N2O8/c1-4-8-31-21(28)19-14(11-16-18(12(3)26)20(27)24(16)19)13-6-7-15-17(10-13)33-23(30)25(15)22(29)32-9-5-2/h4-7,10,12,16,18,26H,1-2,8-9,11H2,3H3/t12-,16-,18-/m1/s1. The maximum absolute atomic E-state index is 12.8. The molecule has 0 spiro atoms. The highest BCUT2D eigenvalue weighted by atomic mass is 16.6. The van der Waals surface area contributed by atoms with E-state index in [-0.39, 0.29) is 42.0 Å². The van der Waals surface area contributed by atoms with E-state index in [0.29, 0.717) is 17.6 Å². The van der Waals surface area contributed by atoms with Gasteiger partial charge in [0.05, 0.1) is 18.1 Å². The zero-order chi connectivity index (χ0) is 23.9. The average molecular weight is 454 g/mol. The zero-order valence-electron chi connectivity index (χ0n) is 17.9. The molecule has 0 bridgehead atoms. The van der Waals surface area contributed by atoms with Gasteiger partial charge in [0.15, 0.2) is 5.58 Å². The van der Waals surface area contributed by atoms with Gasteiger partial charge in [0.2, 0.25) is 5.91 Å². The van der Waals surface area contributed by atoms with Gasteiger partial charge in [0.25, 0.3) is 0 Å². The fraction of sp³-hybridized carbons (Fsp3) is 0.304. The van der Waals surface area contributed by atoms with Gasteiger partial charge in [-0.1, -0.05) is 31.4 Å². The summed E-state index contributed by atoms with van der Waals surface area (Å²) >= 11 is 0. The highest BCUT2D eigenvalue weighted by molar-refractivity contribution is 6.07. The second-order valence-electron chi connectivity index (χ2n) is 7.71. The quantitative estimate of drug-likeness (QED) is 0.381. The predicted molar refractivity (Wildman–Crippen MR) is 116 cm³/mol. The SMILES string of the molecule is C=CCOC(=O)C1=C(c2ccc3c(c2)oc(=O)n3C(=O)OCC=C)C[C@@H]2[C@@H]([C@@H](C)O)C(=O)N12. The third-order valence-corrected chi connectivity index (χ3v) is 5.69. The number of carbonyl (C=O) groups is 3. The summed E-state index contributed by atoms with van der Waals surface area (Å²) in [7, 11) is 0. The number of rotatable bonds is 7. The molecule has 1 fully saturated rings.